The highest BCUT2D eigenvalue weighted by Crippen LogP contribution is 2.52. The summed E-state index contributed by atoms with van der Waals surface area (Å²) < 4.78 is 13.0. The summed E-state index contributed by atoms with van der Waals surface area (Å²) in [6.45, 7) is 0. The van der Waals surface area contributed by atoms with Gasteiger partial charge in [0, 0.05) is 50.8 Å². The highest BCUT2D eigenvalue weighted by atomic mass is 16.5. The first-order valence-electron chi connectivity index (χ1n) is 17.9. The second-order valence-electron chi connectivity index (χ2n) is 13.8. The molecule has 5 nitrogen and oxygen atoms in total. The van der Waals surface area contributed by atoms with Gasteiger partial charge in [-0.1, -0.05) is 134 Å². The summed E-state index contributed by atoms with van der Waals surface area (Å²) in [6.07, 6.45) is 17.7. The molecular weight excluding hydrogens is 639 g/mol. The van der Waals surface area contributed by atoms with Crippen molar-refractivity contribution in [2.24, 2.45) is 5.92 Å². The fraction of sp³-hybridized carbons (Fsp3) is 0.0851. The molecule has 1 aliphatic heterocycles. The van der Waals surface area contributed by atoms with Crippen LogP contribution in [-0.2, 0) is 0 Å². The molecule has 4 atom stereocenters. The average Bonchev–Trinajstić information content (AvgIpc) is 3.79. The van der Waals surface area contributed by atoms with E-state index < -0.39 is 0 Å². The van der Waals surface area contributed by atoms with E-state index in [0.717, 1.165) is 61.3 Å². The van der Waals surface area contributed by atoms with Gasteiger partial charge in [0.25, 0.3) is 0 Å². The zero-order valence-corrected chi connectivity index (χ0v) is 28.1. The van der Waals surface area contributed by atoms with E-state index in [1.165, 1.54) is 11.1 Å². The molecule has 0 fully saturated rings. The molecule has 0 spiro atoms. The lowest BCUT2D eigenvalue weighted by atomic mass is 9.74. The summed E-state index contributed by atoms with van der Waals surface area (Å²) in [7, 11) is 0. The molecule has 0 amide bonds. The molecule has 5 heteroatoms. The Morgan fingerprint density at radius 2 is 1.31 bits per heavy atom. The van der Waals surface area contributed by atoms with E-state index in [0.29, 0.717) is 17.5 Å². The molecule has 3 aliphatic carbocycles. The first kappa shape index (κ1) is 29.2. The lowest BCUT2D eigenvalue weighted by molar-refractivity contribution is 0.416. The summed E-state index contributed by atoms with van der Waals surface area (Å²) in [5.41, 5.74) is 9.24. The lowest BCUT2D eigenvalue weighted by Crippen LogP contribution is -2.17. The van der Waals surface area contributed by atoms with Crippen molar-refractivity contribution < 1.29 is 9.15 Å². The van der Waals surface area contributed by atoms with Gasteiger partial charge in [0.1, 0.15) is 22.7 Å². The van der Waals surface area contributed by atoms with Crippen molar-refractivity contribution in [3.05, 3.63) is 198 Å². The van der Waals surface area contributed by atoms with E-state index in [1.54, 1.807) is 0 Å². The van der Waals surface area contributed by atoms with Gasteiger partial charge >= 0.3 is 0 Å². The van der Waals surface area contributed by atoms with E-state index >= 15 is 0 Å². The van der Waals surface area contributed by atoms with Crippen LogP contribution in [0.25, 0.3) is 50.3 Å². The molecule has 246 valence electrons. The quantitative estimate of drug-likeness (QED) is 0.187. The van der Waals surface area contributed by atoms with E-state index in [-0.39, 0.29) is 23.7 Å². The number of furan rings is 1. The van der Waals surface area contributed by atoms with E-state index in [1.807, 2.05) is 36.4 Å². The van der Waals surface area contributed by atoms with Gasteiger partial charge in [-0.3, -0.25) is 0 Å². The standard InChI is InChI=1S/C47H31N3O2/c1-2-13-28(14-3-1)45-48-46(37-25-29-15-4-5-16-31(29)33-17-6-7-18-34(33)37)50-47(49-45)38-26-30(27-42-44(38)36-20-9-11-23-40(36)52-42)32-21-12-24-41-43(32)35-19-8-10-22-39(35)51-41/h1-27,29,31-32,43H. The lowest BCUT2D eigenvalue weighted by Gasteiger charge is -2.30. The molecule has 11 rings (SSSR count). The van der Waals surface area contributed by atoms with Crippen LogP contribution in [0.2, 0.25) is 0 Å². The largest absolute Gasteiger partial charge is 0.461 e. The average molecular weight is 670 g/mol. The minimum atomic E-state index is 0.0194. The van der Waals surface area contributed by atoms with Gasteiger partial charge in [-0.25, -0.2) is 15.0 Å². The normalized spacial score (nSPS) is 20.8. The van der Waals surface area contributed by atoms with Crippen LogP contribution in [0, 0.1) is 5.92 Å². The third-order valence-electron chi connectivity index (χ3n) is 10.9. The first-order valence-corrected chi connectivity index (χ1v) is 17.9. The van der Waals surface area contributed by atoms with E-state index in [4.69, 9.17) is 24.1 Å². The number of hydrogen-bond acceptors (Lipinski definition) is 5. The third kappa shape index (κ3) is 4.52. The number of rotatable bonds is 4. The monoisotopic (exact) mass is 669 g/mol. The maximum Gasteiger partial charge on any atom is 0.164 e. The number of benzene rings is 5. The highest BCUT2D eigenvalue weighted by Gasteiger charge is 2.38. The zero-order valence-electron chi connectivity index (χ0n) is 28.1. The fourth-order valence-corrected chi connectivity index (χ4v) is 8.55. The number of para-hydroxylation sites is 2. The summed E-state index contributed by atoms with van der Waals surface area (Å²) in [5, 5.41) is 2.02. The summed E-state index contributed by atoms with van der Waals surface area (Å²) in [6, 6.07) is 39.9. The Balaban J connectivity index is 1.16. The van der Waals surface area contributed by atoms with Crippen LogP contribution in [0.5, 0.6) is 5.75 Å². The SMILES string of the molecule is C1=CC2C=C(c3nc(-c4ccccc4)nc(-c4cc(C5C=CC=C6Oc7ccccc7C65)cc5oc6ccccc6c45)n3)c3ccccc3C2C=C1. The molecule has 0 saturated heterocycles. The maximum atomic E-state index is 6.63. The predicted molar refractivity (Wildman–Crippen MR) is 206 cm³/mol. The number of allylic oxidation sites excluding steroid dienone is 9. The molecule has 7 aromatic rings. The second-order valence-corrected chi connectivity index (χ2v) is 13.8. The van der Waals surface area contributed by atoms with Crippen molar-refractivity contribution in [3.8, 4) is 28.5 Å². The molecule has 52 heavy (non-hydrogen) atoms. The summed E-state index contributed by atoms with van der Waals surface area (Å²) >= 11 is 0. The maximum absolute atomic E-state index is 6.63. The molecule has 0 bridgehead atoms. The van der Waals surface area contributed by atoms with E-state index in [9.17, 15) is 0 Å². The molecule has 2 aromatic heterocycles. The zero-order chi connectivity index (χ0) is 34.2. The van der Waals surface area contributed by atoms with Gasteiger partial charge in [-0.15, -0.1) is 0 Å². The van der Waals surface area contributed by atoms with Crippen LogP contribution in [-0.4, -0.2) is 15.0 Å². The minimum Gasteiger partial charge on any atom is -0.461 e. The van der Waals surface area contributed by atoms with Gasteiger partial charge in [0.15, 0.2) is 17.5 Å². The molecule has 0 saturated carbocycles. The Hall–Kier alpha value is -6.59. The van der Waals surface area contributed by atoms with Crippen molar-refractivity contribution in [3.63, 3.8) is 0 Å². The number of fused-ring (bicyclic) bond motifs is 9. The van der Waals surface area contributed by atoms with Crippen molar-refractivity contribution in [2.45, 2.75) is 17.8 Å². The third-order valence-corrected chi connectivity index (χ3v) is 10.9. The van der Waals surface area contributed by atoms with Crippen LogP contribution in [0.1, 0.15) is 45.8 Å². The second kappa shape index (κ2) is 11.5. The summed E-state index contributed by atoms with van der Waals surface area (Å²) in [4.78, 5) is 15.9. The van der Waals surface area contributed by atoms with Crippen LogP contribution < -0.4 is 4.74 Å². The van der Waals surface area contributed by atoms with Gasteiger partial charge in [0.05, 0.1) is 5.92 Å². The predicted octanol–water partition coefficient (Wildman–Crippen LogP) is 11.1. The van der Waals surface area contributed by atoms with Crippen LogP contribution in [0.3, 0.4) is 0 Å². The van der Waals surface area contributed by atoms with Crippen molar-refractivity contribution in [1.29, 1.82) is 0 Å². The molecule has 0 radical (unpaired) electrons. The van der Waals surface area contributed by atoms with Gasteiger partial charge in [-0.05, 0) is 47.0 Å². The Kier molecular flexibility index (Phi) is 6.44. The first-order chi connectivity index (χ1) is 25.8. The van der Waals surface area contributed by atoms with Crippen LogP contribution in [0.4, 0.5) is 0 Å². The fourth-order valence-electron chi connectivity index (χ4n) is 8.55. The van der Waals surface area contributed by atoms with Crippen molar-refractivity contribution in [1.82, 2.24) is 15.0 Å². The smallest absolute Gasteiger partial charge is 0.164 e. The number of aromatic nitrogens is 3. The molecule has 4 unspecified atom stereocenters. The van der Waals surface area contributed by atoms with E-state index in [2.05, 4.69) is 127 Å². The van der Waals surface area contributed by atoms with Gasteiger partial charge in [0.2, 0.25) is 0 Å². The number of nitrogens with zero attached hydrogens (tertiary/aromatic N) is 3. The Morgan fingerprint density at radius 1 is 0.558 bits per heavy atom. The van der Waals surface area contributed by atoms with Crippen molar-refractivity contribution in [2.75, 3.05) is 0 Å². The van der Waals surface area contributed by atoms with Crippen LogP contribution in [0.15, 0.2) is 174 Å². The molecular formula is C47H31N3O2. The number of hydrogen-bond donors (Lipinski definition) is 0. The van der Waals surface area contributed by atoms with Gasteiger partial charge < -0.3 is 9.15 Å². The minimum absolute atomic E-state index is 0.0194. The van der Waals surface area contributed by atoms with Crippen LogP contribution >= 0.6 is 0 Å². The Bertz CT molecular complexity index is 2750. The molecule has 5 aromatic carbocycles. The topological polar surface area (TPSA) is 61.0 Å². The Labute approximate surface area is 300 Å². The number of ether oxygens (including phenoxy) is 1. The van der Waals surface area contributed by atoms with Crippen molar-refractivity contribution >= 4 is 27.5 Å². The Morgan fingerprint density at radius 3 is 2.25 bits per heavy atom. The van der Waals surface area contributed by atoms with Gasteiger partial charge in [-0.2, -0.15) is 0 Å². The summed E-state index contributed by atoms with van der Waals surface area (Å²) in [5.74, 6) is 4.34. The highest BCUT2D eigenvalue weighted by molar-refractivity contribution is 6.12. The molecule has 3 heterocycles. The molecule has 4 aliphatic rings. The molecule has 0 N–H and O–H groups in total.